The quantitative estimate of drug-likeness (QED) is 0.842. The first-order chi connectivity index (χ1) is 8.75. The molecule has 0 aromatic heterocycles. The van der Waals surface area contributed by atoms with Gasteiger partial charge in [-0.25, -0.2) is 0 Å². The van der Waals surface area contributed by atoms with Crippen molar-refractivity contribution in [3.05, 3.63) is 35.4 Å². The molecule has 0 spiro atoms. The molecule has 1 heterocycles. The third kappa shape index (κ3) is 2.05. The molecule has 0 bridgehead atoms. The van der Waals surface area contributed by atoms with Crippen molar-refractivity contribution in [1.29, 1.82) is 5.41 Å². The Morgan fingerprint density at radius 2 is 2.00 bits per heavy atom. The van der Waals surface area contributed by atoms with Crippen LogP contribution in [0.2, 0.25) is 0 Å². The number of benzene rings is 1. The van der Waals surface area contributed by atoms with Gasteiger partial charge in [-0.2, -0.15) is 0 Å². The standard InChI is InChI=1S/C16H22N2/c1-12-6-2-3-7-13(12)10-18-11-14-8-4-5-9-15(14)16(18)17/h4-5,8-9,12-13,17H,2-3,6-7,10-11H2,1H3. The van der Waals surface area contributed by atoms with E-state index in [1.807, 2.05) is 6.07 Å². The molecule has 2 aliphatic rings. The minimum Gasteiger partial charge on any atom is -0.352 e. The van der Waals surface area contributed by atoms with Crippen molar-refractivity contribution in [3.63, 3.8) is 0 Å². The van der Waals surface area contributed by atoms with Crippen LogP contribution in [0.1, 0.15) is 43.7 Å². The summed E-state index contributed by atoms with van der Waals surface area (Å²) in [6.45, 7) is 4.41. The Morgan fingerprint density at radius 3 is 2.78 bits per heavy atom. The van der Waals surface area contributed by atoms with Gasteiger partial charge in [-0.1, -0.05) is 50.5 Å². The van der Waals surface area contributed by atoms with Crippen molar-refractivity contribution >= 4 is 5.84 Å². The highest BCUT2D eigenvalue weighted by molar-refractivity contribution is 6.00. The number of amidine groups is 1. The summed E-state index contributed by atoms with van der Waals surface area (Å²) in [6.07, 6.45) is 5.50. The van der Waals surface area contributed by atoms with Crippen LogP contribution in [0.3, 0.4) is 0 Å². The second-order valence-corrected chi connectivity index (χ2v) is 5.91. The van der Waals surface area contributed by atoms with Crippen LogP contribution < -0.4 is 0 Å². The summed E-state index contributed by atoms with van der Waals surface area (Å²) in [5, 5.41) is 8.30. The van der Waals surface area contributed by atoms with Crippen molar-refractivity contribution in [1.82, 2.24) is 4.90 Å². The summed E-state index contributed by atoms with van der Waals surface area (Å²) >= 11 is 0. The summed E-state index contributed by atoms with van der Waals surface area (Å²) in [7, 11) is 0. The summed E-state index contributed by atoms with van der Waals surface area (Å²) in [5.74, 6) is 2.35. The molecule has 2 unspecified atom stereocenters. The smallest absolute Gasteiger partial charge is 0.128 e. The fraction of sp³-hybridized carbons (Fsp3) is 0.562. The maximum absolute atomic E-state index is 8.30. The van der Waals surface area contributed by atoms with Crippen LogP contribution in [0.4, 0.5) is 0 Å². The van der Waals surface area contributed by atoms with Crippen molar-refractivity contribution in [2.45, 2.75) is 39.2 Å². The maximum Gasteiger partial charge on any atom is 0.128 e. The number of nitrogens with zero attached hydrogens (tertiary/aromatic N) is 1. The summed E-state index contributed by atoms with van der Waals surface area (Å²) in [4.78, 5) is 2.27. The predicted molar refractivity (Wildman–Crippen MR) is 74.8 cm³/mol. The van der Waals surface area contributed by atoms with E-state index < -0.39 is 0 Å². The van der Waals surface area contributed by atoms with Crippen molar-refractivity contribution < 1.29 is 0 Å². The van der Waals surface area contributed by atoms with E-state index in [-0.39, 0.29) is 0 Å². The van der Waals surface area contributed by atoms with Gasteiger partial charge in [0.15, 0.2) is 0 Å². The van der Waals surface area contributed by atoms with Crippen LogP contribution in [-0.2, 0) is 6.54 Å². The van der Waals surface area contributed by atoms with Crippen LogP contribution in [0, 0.1) is 17.2 Å². The Hall–Kier alpha value is -1.31. The number of rotatable bonds is 2. The molecule has 1 aromatic rings. The Balaban J connectivity index is 1.71. The fourth-order valence-corrected chi connectivity index (χ4v) is 3.45. The Bertz CT molecular complexity index is 452. The Morgan fingerprint density at radius 1 is 1.22 bits per heavy atom. The van der Waals surface area contributed by atoms with Crippen LogP contribution in [0.15, 0.2) is 24.3 Å². The number of nitrogens with one attached hydrogen (secondary N) is 1. The molecule has 96 valence electrons. The first-order valence-corrected chi connectivity index (χ1v) is 7.17. The van der Waals surface area contributed by atoms with Gasteiger partial charge in [0.05, 0.1) is 0 Å². The molecule has 1 aliphatic heterocycles. The van der Waals surface area contributed by atoms with Gasteiger partial charge < -0.3 is 4.90 Å². The van der Waals surface area contributed by atoms with Gasteiger partial charge in [-0.05, 0) is 23.8 Å². The van der Waals surface area contributed by atoms with Gasteiger partial charge in [0.2, 0.25) is 0 Å². The van der Waals surface area contributed by atoms with Gasteiger partial charge in [0.25, 0.3) is 0 Å². The molecule has 1 aromatic carbocycles. The molecule has 0 radical (unpaired) electrons. The molecule has 1 N–H and O–H groups in total. The highest BCUT2D eigenvalue weighted by atomic mass is 15.2. The fourth-order valence-electron chi connectivity index (χ4n) is 3.45. The van der Waals surface area contributed by atoms with E-state index in [0.717, 1.165) is 36.3 Å². The van der Waals surface area contributed by atoms with Gasteiger partial charge >= 0.3 is 0 Å². The lowest BCUT2D eigenvalue weighted by Crippen LogP contribution is -2.34. The zero-order valence-electron chi connectivity index (χ0n) is 11.2. The molecule has 0 saturated heterocycles. The Labute approximate surface area is 110 Å². The predicted octanol–water partition coefficient (Wildman–Crippen LogP) is 3.65. The second-order valence-electron chi connectivity index (χ2n) is 5.91. The SMILES string of the molecule is CC1CCCCC1CN1Cc2ccccc2C1=N. The maximum atomic E-state index is 8.30. The number of hydrogen-bond acceptors (Lipinski definition) is 1. The molecule has 2 heteroatoms. The van der Waals surface area contributed by atoms with Crippen LogP contribution >= 0.6 is 0 Å². The zero-order chi connectivity index (χ0) is 12.5. The minimum absolute atomic E-state index is 0.739. The van der Waals surface area contributed by atoms with Gasteiger partial charge in [0.1, 0.15) is 5.84 Å². The highest BCUT2D eigenvalue weighted by Gasteiger charge is 2.29. The van der Waals surface area contributed by atoms with Gasteiger partial charge in [0, 0.05) is 18.7 Å². The molecule has 1 saturated carbocycles. The molecular weight excluding hydrogens is 220 g/mol. The zero-order valence-corrected chi connectivity index (χ0v) is 11.2. The molecule has 1 fully saturated rings. The van der Waals surface area contributed by atoms with E-state index in [9.17, 15) is 0 Å². The second kappa shape index (κ2) is 4.75. The average molecular weight is 242 g/mol. The molecule has 2 nitrogen and oxygen atoms in total. The van der Waals surface area contributed by atoms with Gasteiger partial charge in [-0.15, -0.1) is 0 Å². The molecule has 18 heavy (non-hydrogen) atoms. The minimum atomic E-state index is 0.739. The van der Waals surface area contributed by atoms with E-state index in [2.05, 4.69) is 30.0 Å². The third-order valence-corrected chi connectivity index (χ3v) is 4.69. The van der Waals surface area contributed by atoms with Crippen molar-refractivity contribution in [3.8, 4) is 0 Å². The summed E-state index contributed by atoms with van der Waals surface area (Å²) in [5.41, 5.74) is 2.46. The van der Waals surface area contributed by atoms with E-state index in [4.69, 9.17) is 5.41 Å². The lowest BCUT2D eigenvalue weighted by atomic mass is 9.80. The lowest BCUT2D eigenvalue weighted by Gasteiger charge is -2.32. The lowest BCUT2D eigenvalue weighted by molar-refractivity contribution is 0.206. The largest absolute Gasteiger partial charge is 0.352 e. The molecule has 3 rings (SSSR count). The van der Waals surface area contributed by atoms with E-state index in [1.165, 1.54) is 31.2 Å². The van der Waals surface area contributed by atoms with Crippen LogP contribution in [-0.4, -0.2) is 17.3 Å². The van der Waals surface area contributed by atoms with E-state index in [1.54, 1.807) is 0 Å². The third-order valence-electron chi connectivity index (χ3n) is 4.69. The number of fused-ring (bicyclic) bond motifs is 1. The monoisotopic (exact) mass is 242 g/mol. The van der Waals surface area contributed by atoms with Crippen LogP contribution in [0.5, 0.6) is 0 Å². The molecule has 2 atom stereocenters. The summed E-state index contributed by atoms with van der Waals surface area (Å²) in [6, 6.07) is 8.37. The first kappa shape index (κ1) is 11.8. The molecule has 1 aliphatic carbocycles. The number of hydrogen-bond donors (Lipinski definition) is 1. The average Bonchev–Trinajstić information content (AvgIpc) is 2.70. The highest BCUT2D eigenvalue weighted by Crippen LogP contribution is 2.32. The molecular formula is C16H22N2. The molecule has 0 amide bonds. The topological polar surface area (TPSA) is 27.1 Å². The normalized spacial score (nSPS) is 27.4. The van der Waals surface area contributed by atoms with Crippen molar-refractivity contribution in [2.75, 3.05) is 6.54 Å². The van der Waals surface area contributed by atoms with E-state index >= 15 is 0 Å². The van der Waals surface area contributed by atoms with Gasteiger partial charge in [-0.3, -0.25) is 5.41 Å². The van der Waals surface area contributed by atoms with E-state index in [0.29, 0.717) is 0 Å². The first-order valence-electron chi connectivity index (χ1n) is 7.17. The summed E-state index contributed by atoms with van der Waals surface area (Å²) < 4.78 is 0. The van der Waals surface area contributed by atoms with Crippen molar-refractivity contribution in [2.24, 2.45) is 11.8 Å². The van der Waals surface area contributed by atoms with Crippen LogP contribution in [0.25, 0.3) is 0 Å². The Kier molecular flexibility index (Phi) is 3.11.